The van der Waals surface area contributed by atoms with Crippen LogP contribution in [0.3, 0.4) is 0 Å². The maximum Gasteiger partial charge on any atom is 0.0641 e. The summed E-state index contributed by atoms with van der Waals surface area (Å²) in [5.74, 6) is 0. The molecule has 3 nitrogen and oxygen atoms in total. The summed E-state index contributed by atoms with van der Waals surface area (Å²) in [4.78, 5) is 0. The first-order chi connectivity index (χ1) is 7.06. The molecular weight excluding hydrogens is 186 g/mol. The van der Waals surface area contributed by atoms with Crippen molar-refractivity contribution in [2.45, 2.75) is 40.3 Å². The number of nitrogens with one attached hydrogen (secondary N) is 1. The van der Waals surface area contributed by atoms with Crippen LogP contribution in [0, 0.1) is 13.8 Å². The van der Waals surface area contributed by atoms with Gasteiger partial charge in [-0.1, -0.05) is 5.57 Å². The van der Waals surface area contributed by atoms with Crippen LogP contribution in [0.2, 0.25) is 0 Å². The monoisotopic (exact) mass is 207 g/mol. The quantitative estimate of drug-likeness (QED) is 0.750. The molecule has 1 aromatic rings. The van der Waals surface area contributed by atoms with Crippen molar-refractivity contribution >= 4 is 0 Å². The van der Waals surface area contributed by atoms with E-state index in [2.05, 4.69) is 42.4 Å². The topological polar surface area (TPSA) is 29.9 Å². The van der Waals surface area contributed by atoms with Crippen molar-refractivity contribution < 1.29 is 0 Å². The zero-order chi connectivity index (χ0) is 11.4. The van der Waals surface area contributed by atoms with Crippen LogP contribution >= 0.6 is 0 Å². The zero-order valence-electron chi connectivity index (χ0n) is 10.2. The molecule has 0 bridgehead atoms. The third-order valence-corrected chi connectivity index (χ3v) is 2.64. The van der Waals surface area contributed by atoms with E-state index in [9.17, 15) is 0 Å². The lowest BCUT2D eigenvalue weighted by molar-refractivity contribution is 0.591. The van der Waals surface area contributed by atoms with Gasteiger partial charge in [0, 0.05) is 24.3 Å². The minimum Gasteiger partial charge on any atom is -0.316 e. The highest BCUT2D eigenvalue weighted by atomic mass is 15.3. The Morgan fingerprint density at radius 1 is 1.47 bits per heavy atom. The second-order valence-electron chi connectivity index (χ2n) is 4.11. The van der Waals surface area contributed by atoms with Gasteiger partial charge in [-0.3, -0.25) is 4.68 Å². The first kappa shape index (κ1) is 12.0. The lowest BCUT2D eigenvalue weighted by Crippen LogP contribution is -2.08. The summed E-state index contributed by atoms with van der Waals surface area (Å²) in [6, 6.07) is 0. The number of allylic oxidation sites excluding steroid dienone is 1. The molecule has 0 saturated heterocycles. The molecule has 0 radical (unpaired) electrons. The fraction of sp³-hybridized carbons (Fsp3) is 0.583. The molecule has 0 spiro atoms. The van der Waals surface area contributed by atoms with Gasteiger partial charge in [0.1, 0.15) is 0 Å². The summed E-state index contributed by atoms with van der Waals surface area (Å²) in [5, 5.41) is 7.71. The lowest BCUT2D eigenvalue weighted by Gasteiger charge is -2.05. The van der Waals surface area contributed by atoms with Crippen LogP contribution in [-0.4, -0.2) is 16.8 Å². The van der Waals surface area contributed by atoms with Gasteiger partial charge in [-0.2, -0.15) is 5.10 Å². The Bertz CT molecular complexity index is 350. The van der Waals surface area contributed by atoms with E-state index in [1.54, 1.807) is 0 Å². The number of aryl methyl sites for hydroxylation is 2. The average Bonchev–Trinajstić information content (AvgIpc) is 2.43. The Hall–Kier alpha value is -1.09. The van der Waals surface area contributed by atoms with Crippen LogP contribution in [0.4, 0.5) is 0 Å². The Balaban J connectivity index is 2.81. The van der Waals surface area contributed by atoms with Gasteiger partial charge in [-0.05, 0) is 34.2 Å². The van der Waals surface area contributed by atoms with Crippen molar-refractivity contribution in [3.63, 3.8) is 0 Å². The number of rotatable bonds is 5. The van der Waals surface area contributed by atoms with E-state index in [1.165, 1.54) is 16.8 Å². The third kappa shape index (κ3) is 2.93. The molecule has 0 saturated carbocycles. The number of hydrogen-bond acceptors (Lipinski definition) is 2. The van der Waals surface area contributed by atoms with Crippen LogP contribution in [0.25, 0.3) is 0 Å². The number of nitrogens with zero attached hydrogens (tertiary/aromatic N) is 2. The van der Waals surface area contributed by atoms with Gasteiger partial charge in [0.25, 0.3) is 0 Å². The molecule has 3 heteroatoms. The molecule has 0 aliphatic heterocycles. The molecule has 1 aromatic heterocycles. The van der Waals surface area contributed by atoms with Crippen LogP contribution < -0.4 is 5.32 Å². The molecule has 0 amide bonds. The molecule has 15 heavy (non-hydrogen) atoms. The smallest absolute Gasteiger partial charge is 0.0641 e. The average molecular weight is 207 g/mol. The summed E-state index contributed by atoms with van der Waals surface area (Å²) in [7, 11) is 1.96. The molecule has 0 fully saturated rings. The SMILES string of the molecule is C=C(C)CCn1nc(C)c(CNC)c1C. The highest BCUT2D eigenvalue weighted by molar-refractivity contribution is 5.24. The Morgan fingerprint density at radius 3 is 2.67 bits per heavy atom. The van der Waals surface area contributed by atoms with Crippen molar-refractivity contribution in [1.29, 1.82) is 0 Å². The van der Waals surface area contributed by atoms with Gasteiger partial charge in [-0.15, -0.1) is 6.58 Å². The fourth-order valence-corrected chi connectivity index (χ4v) is 1.68. The largest absolute Gasteiger partial charge is 0.316 e. The zero-order valence-corrected chi connectivity index (χ0v) is 10.2. The number of aromatic nitrogens is 2. The van der Waals surface area contributed by atoms with E-state index in [4.69, 9.17) is 0 Å². The molecule has 0 aromatic carbocycles. The predicted molar refractivity (Wildman–Crippen MR) is 63.9 cm³/mol. The summed E-state index contributed by atoms with van der Waals surface area (Å²) in [5.41, 5.74) is 4.92. The standard InChI is InChI=1S/C12H21N3/c1-9(2)6-7-15-11(4)12(8-13-5)10(3)14-15/h13H,1,6-8H2,2-5H3. The summed E-state index contributed by atoms with van der Waals surface area (Å²) >= 11 is 0. The molecule has 1 N–H and O–H groups in total. The summed E-state index contributed by atoms with van der Waals surface area (Å²) in [6.07, 6.45) is 1.00. The molecule has 84 valence electrons. The van der Waals surface area contributed by atoms with Crippen molar-refractivity contribution in [3.8, 4) is 0 Å². The van der Waals surface area contributed by atoms with Gasteiger partial charge in [0.15, 0.2) is 0 Å². The molecular formula is C12H21N3. The molecule has 1 rings (SSSR count). The second-order valence-corrected chi connectivity index (χ2v) is 4.11. The van der Waals surface area contributed by atoms with Gasteiger partial charge in [0.05, 0.1) is 5.69 Å². The van der Waals surface area contributed by atoms with E-state index in [1.807, 2.05) is 7.05 Å². The lowest BCUT2D eigenvalue weighted by atomic mass is 10.2. The maximum atomic E-state index is 4.54. The second kappa shape index (κ2) is 5.12. The molecule has 0 atom stereocenters. The predicted octanol–water partition coefficient (Wildman–Crippen LogP) is 2.19. The Labute approximate surface area is 92.2 Å². The van der Waals surface area contributed by atoms with E-state index >= 15 is 0 Å². The molecule has 1 heterocycles. The van der Waals surface area contributed by atoms with Crippen molar-refractivity contribution in [2.75, 3.05) is 7.05 Å². The summed E-state index contributed by atoms with van der Waals surface area (Å²) < 4.78 is 2.08. The van der Waals surface area contributed by atoms with Crippen LogP contribution in [-0.2, 0) is 13.1 Å². The van der Waals surface area contributed by atoms with Crippen LogP contribution in [0.15, 0.2) is 12.2 Å². The van der Waals surface area contributed by atoms with Gasteiger partial charge >= 0.3 is 0 Å². The van der Waals surface area contributed by atoms with E-state index in [-0.39, 0.29) is 0 Å². The first-order valence-electron chi connectivity index (χ1n) is 5.38. The summed E-state index contributed by atoms with van der Waals surface area (Å²) in [6.45, 7) is 12.0. The Morgan fingerprint density at radius 2 is 2.13 bits per heavy atom. The highest BCUT2D eigenvalue weighted by Gasteiger charge is 2.09. The van der Waals surface area contributed by atoms with Gasteiger partial charge in [0.2, 0.25) is 0 Å². The van der Waals surface area contributed by atoms with Crippen molar-refractivity contribution in [1.82, 2.24) is 15.1 Å². The molecule has 0 aliphatic carbocycles. The molecule has 0 aliphatic rings. The van der Waals surface area contributed by atoms with Crippen molar-refractivity contribution in [3.05, 3.63) is 29.1 Å². The van der Waals surface area contributed by atoms with Gasteiger partial charge < -0.3 is 5.32 Å². The van der Waals surface area contributed by atoms with E-state index < -0.39 is 0 Å². The van der Waals surface area contributed by atoms with E-state index in [0.29, 0.717) is 0 Å². The fourth-order valence-electron chi connectivity index (χ4n) is 1.68. The third-order valence-electron chi connectivity index (χ3n) is 2.64. The molecule has 0 unspecified atom stereocenters. The Kier molecular flexibility index (Phi) is 4.09. The minimum absolute atomic E-state index is 0.894. The first-order valence-corrected chi connectivity index (χ1v) is 5.38. The van der Waals surface area contributed by atoms with Crippen LogP contribution in [0.5, 0.6) is 0 Å². The van der Waals surface area contributed by atoms with E-state index in [0.717, 1.165) is 25.2 Å². The minimum atomic E-state index is 0.894. The number of hydrogen-bond donors (Lipinski definition) is 1. The maximum absolute atomic E-state index is 4.54. The van der Waals surface area contributed by atoms with Crippen LogP contribution in [0.1, 0.15) is 30.3 Å². The normalized spacial score (nSPS) is 10.7. The highest BCUT2D eigenvalue weighted by Crippen LogP contribution is 2.13. The van der Waals surface area contributed by atoms with Gasteiger partial charge in [-0.25, -0.2) is 0 Å². The van der Waals surface area contributed by atoms with Crippen molar-refractivity contribution in [2.24, 2.45) is 0 Å².